The Kier molecular flexibility index (Phi) is 4.72. The smallest absolute Gasteiger partial charge is 0.227 e. The molecule has 3 N–H and O–H groups in total. The Morgan fingerprint density at radius 3 is 2.59 bits per heavy atom. The fraction of sp³-hybridized carbons (Fsp3) is 0.526. The molecule has 0 bridgehead atoms. The molecular weight excluding hydrogens is 366 g/mol. The van der Waals surface area contributed by atoms with Crippen LogP contribution in [0.5, 0.6) is 0 Å². The molecule has 0 aromatic heterocycles. The second kappa shape index (κ2) is 7.03. The van der Waals surface area contributed by atoms with Gasteiger partial charge in [-0.1, -0.05) is 23.7 Å². The summed E-state index contributed by atoms with van der Waals surface area (Å²) < 4.78 is 0. The van der Waals surface area contributed by atoms with Crippen LogP contribution in [0.25, 0.3) is 0 Å². The predicted octanol–water partition coefficient (Wildman–Crippen LogP) is 1.18. The number of hydrogen-bond acceptors (Lipinski definition) is 3. The molecule has 7 nitrogen and oxygen atoms in total. The van der Waals surface area contributed by atoms with Gasteiger partial charge in [0.25, 0.3) is 0 Å². The third-order valence-corrected chi connectivity index (χ3v) is 6.13. The third-order valence-electron chi connectivity index (χ3n) is 5.88. The quantitative estimate of drug-likeness (QED) is 0.724. The number of hydrogen-bond donors (Lipinski definition) is 3. The average Bonchev–Trinajstić information content (AvgIpc) is 3.20. The number of likely N-dealkylation sites (tertiary alicyclic amines) is 2. The van der Waals surface area contributed by atoms with Crippen LogP contribution in [-0.4, -0.2) is 59.3 Å². The zero-order chi connectivity index (χ0) is 19.0. The lowest BCUT2D eigenvalue weighted by atomic mass is 9.88. The van der Waals surface area contributed by atoms with E-state index in [4.69, 9.17) is 17.0 Å². The topological polar surface area (TPSA) is 88.5 Å². The minimum absolute atomic E-state index is 0.0342. The third kappa shape index (κ3) is 3.74. The lowest BCUT2D eigenvalue weighted by molar-refractivity contribution is -0.137. The summed E-state index contributed by atoms with van der Waals surface area (Å²) in [4.78, 5) is 28.9. The van der Waals surface area contributed by atoms with Crippen LogP contribution in [0.2, 0.25) is 5.02 Å². The van der Waals surface area contributed by atoms with Gasteiger partial charge in [-0.3, -0.25) is 15.0 Å². The summed E-state index contributed by atoms with van der Waals surface area (Å²) in [5.41, 5.74) is 0.919. The van der Waals surface area contributed by atoms with Crippen molar-refractivity contribution in [2.75, 3.05) is 26.2 Å². The molecule has 1 spiro atoms. The van der Waals surface area contributed by atoms with E-state index in [-0.39, 0.29) is 23.3 Å². The Bertz CT molecular complexity index is 758. The highest BCUT2D eigenvalue weighted by Gasteiger charge is 2.42. The lowest BCUT2D eigenvalue weighted by Crippen LogP contribution is -2.54. The highest BCUT2D eigenvalue weighted by atomic mass is 35.5. The molecular formula is C19H24ClN5O2. The molecule has 0 saturated carbocycles. The molecule has 0 aliphatic carbocycles. The second-order valence-electron chi connectivity index (χ2n) is 7.76. The molecule has 1 aromatic rings. The molecule has 27 heavy (non-hydrogen) atoms. The summed E-state index contributed by atoms with van der Waals surface area (Å²) in [5.74, 6) is 0.227. The van der Waals surface area contributed by atoms with Crippen molar-refractivity contribution in [1.82, 2.24) is 20.4 Å². The Labute approximate surface area is 163 Å². The predicted molar refractivity (Wildman–Crippen MR) is 102 cm³/mol. The Morgan fingerprint density at radius 1 is 1.26 bits per heavy atom. The molecule has 3 fully saturated rings. The van der Waals surface area contributed by atoms with Crippen LogP contribution in [0.4, 0.5) is 0 Å². The van der Waals surface area contributed by atoms with Crippen molar-refractivity contribution in [3.8, 4) is 0 Å². The van der Waals surface area contributed by atoms with Gasteiger partial charge in [-0.05, 0) is 30.5 Å². The maximum absolute atomic E-state index is 12.9. The first-order valence-corrected chi connectivity index (χ1v) is 9.74. The van der Waals surface area contributed by atoms with Gasteiger partial charge in [-0.25, -0.2) is 0 Å². The fourth-order valence-electron chi connectivity index (χ4n) is 4.23. The Balaban J connectivity index is 1.33. The minimum atomic E-state index is -0.258. The first-order chi connectivity index (χ1) is 12.9. The number of halogens is 1. The van der Waals surface area contributed by atoms with Crippen LogP contribution in [0.15, 0.2) is 24.3 Å². The van der Waals surface area contributed by atoms with Gasteiger partial charge in [0.15, 0.2) is 5.96 Å². The normalized spacial score (nSPS) is 24.3. The van der Waals surface area contributed by atoms with Gasteiger partial charge in [0.1, 0.15) is 0 Å². The summed E-state index contributed by atoms with van der Waals surface area (Å²) in [7, 11) is 0. The number of rotatable bonds is 3. The average molecular weight is 390 g/mol. The molecule has 3 aliphatic heterocycles. The molecule has 144 valence electrons. The van der Waals surface area contributed by atoms with Gasteiger partial charge in [0.05, 0.1) is 11.5 Å². The van der Waals surface area contributed by atoms with E-state index in [0.29, 0.717) is 43.6 Å². The van der Waals surface area contributed by atoms with Gasteiger partial charge in [-0.15, -0.1) is 0 Å². The number of amides is 2. The molecule has 3 aliphatic rings. The largest absolute Gasteiger partial charge is 0.354 e. The summed E-state index contributed by atoms with van der Waals surface area (Å²) in [5, 5.41) is 14.6. The minimum Gasteiger partial charge on any atom is -0.354 e. The number of nitrogens with one attached hydrogen (secondary N) is 3. The van der Waals surface area contributed by atoms with Crippen molar-refractivity contribution in [2.45, 2.75) is 31.3 Å². The van der Waals surface area contributed by atoms with Crippen molar-refractivity contribution in [2.24, 2.45) is 5.92 Å². The molecule has 2 amide bonds. The van der Waals surface area contributed by atoms with E-state index in [1.165, 1.54) is 0 Å². The number of piperidine rings is 1. The molecule has 4 rings (SSSR count). The Hall–Kier alpha value is -2.28. The number of guanidine groups is 1. The zero-order valence-electron chi connectivity index (χ0n) is 15.1. The summed E-state index contributed by atoms with van der Waals surface area (Å²) in [6.45, 7) is 3.07. The SMILES string of the molecule is N=C1NCC2(CCN(C(=O)C3CC(=O)N(Cc4ccc(Cl)cc4)C3)CC2)N1. The number of carbonyl (C=O) groups excluding carboxylic acids is 2. The monoisotopic (exact) mass is 389 g/mol. The van der Waals surface area contributed by atoms with Crippen LogP contribution < -0.4 is 10.6 Å². The van der Waals surface area contributed by atoms with E-state index in [0.717, 1.165) is 24.9 Å². The molecule has 3 saturated heterocycles. The molecule has 0 radical (unpaired) electrons. The van der Waals surface area contributed by atoms with Crippen molar-refractivity contribution in [1.29, 1.82) is 5.41 Å². The molecule has 1 unspecified atom stereocenters. The van der Waals surface area contributed by atoms with Gasteiger partial charge in [-0.2, -0.15) is 0 Å². The molecule has 1 aromatic carbocycles. The van der Waals surface area contributed by atoms with Crippen LogP contribution in [0, 0.1) is 11.3 Å². The maximum atomic E-state index is 12.9. The van der Waals surface area contributed by atoms with Gasteiger partial charge in [0, 0.05) is 44.2 Å². The first kappa shape index (κ1) is 18.1. The van der Waals surface area contributed by atoms with E-state index in [1.54, 1.807) is 4.90 Å². The highest BCUT2D eigenvalue weighted by molar-refractivity contribution is 6.30. The van der Waals surface area contributed by atoms with E-state index >= 15 is 0 Å². The van der Waals surface area contributed by atoms with Gasteiger partial charge in [0.2, 0.25) is 11.8 Å². The molecule has 1 atom stereocenters. The standard InChI is InChI=1S/C19H24ClN5O2/c20-15-3-1-13(2-4-15)10-25-11-14(9-16(25)26)17(27)24-7-5-19(6-8-24)12-22-18(21)23-19/h1-4,14H,5-12H2,(H3,21,22,23). The van der Waals surface area contributed by atoms with Crippen molar-refractivity contribution in [3.05, 3.63) is 34.9 Å². The van der Waals surface area contributed by atoms with Gasteiger partial charge < -0.3 is 20.4 Å². The fourth-order valence-corrected chi connectivity index (χ4v) is 4.35. The van der Waals surface area contributed by atoms with E-state index in [1.807, 2.05) is 29.2 Å². The Morgan fingerprint density at radius 2 is 1.96 bits per heavy atom. The van der Waals surface area contributed by atoms with Crippen LogP contribution in [0.1, 0.15) is 24.8 Å². The van der Waals surface area contributed by atoms with Crippen molar-refractivity contribution >= 4 is 29.4 Å². The number of benzene rings is 1. The van der Waals surface area contributed by atoms with Gasteiger partial charge >= 0.3 is 0 Å². The number of nitrogens with zero attached hydrogens (tertiary/aromatic N) is 2. The van der Waals surface area contributed by atoms with Crippen LogP contribution in [0.3, 0.4) is 0 Å². The maximum Gasteiger partial charge on any atom is 0.227 e. The van der Waals surface area contributed by atoms with E-state index in [2.05, 4.69) is 10.6 Å². The van der Waals surface area contributed by atoms with Crippen molar-refractivity contribution in [3.63, 3.8) is 0 Å². The lowest BCUT2D eigenvalue weighted by Gasteiger charge is -2.39. The summed E-state index contributed by atoms with van der Waals surface area (Å²) in [6.07, 6.45) is 1.94. The highest BCUT2D eigenvalue weighted by Crippen LogP contribution is 2.28. The van der Waals surface area contributed by atoms with Crippen LogP contribution in [-0.2, 0) is 16.1 Å². The molecule has 8 heteroatoms. The molecule has 3 heterocycles. The van der Waals surface area contributed by atoms with Crippen molar-refractivity contribution < 1.29 is 9.59 Å². The van der Waals surface area contributed by atoms with E-state index in [9.17, 15) is 9.59 Å². The zero-order valence-corrected chi connectivity index (χ0v) is 15.9. The second-order valence-corrected chi connectivity index (χ2v) is 8.20. The van der Waals surface area contributed by atoms with E-state index < -0.39 is 0 Å². The van der Waals surface area contributed by atoms with Crippen LogP contribution >= 0.6 is 11.6 Å². The summed E-state index contributed by atoms with van der Waals surface area (Å²) in [6, 6.07) is 7.45. The summed E-state index contributed by atoms with van der Waals surface area (Å²) >= 11 is 5.91. The first-order valence-electron chi connectivity index (χ1n) is 9.36. The number of carbonyl (C=O) groups is 2.